The van der Waals surface area contributed by atoms with E-state index in [4.69, 9.17) is 11.6 Å². The van der Waals surface area contributed by atoms with E-state index in [0.717, 1.165) is 13.0 Å². The monoisotopic (exact) mass is 242 g/mol. The van der Waals surface area contributed by atoms with Gasteiger partial charge in [-0.3, -0.25) is 4.79 Å². The first kappa shape index (κ1) is 12.8. The number of carbonyl (C=O) groups excluding carboxylic acids is 1. The van der Waals surface area contributed by atoms with Crippen LogP contribution in [-0.2, 0) is 0 Å². The van der Waals surface area contributed by atoms with Crippen molar-refractivity contribution in [1.29, 1.82) is 0 Å². The smallest absolute Gasteiger partial charge is 0.255 e. The molecule has 0 saturated heterocycles. The summed E-state index contributed by atoms with van der Waals surface area (Å²) in [6, 6.07) is 4.39. The Hall–Kier alpha value is -1.26. The van der Waals surface area contributed by atoms with Gasteiger partial charge in [-0.25, -0.2) is 0 Å². The molecule has 3 N–H and O–H groups in total. The molecule has 0 unspecified atom stereocenters. The summed E-state index contributed by atoms with van der Waals surface area (Å²) < 4.78 is 0. The number of phenolic OH excluding ortho intramolecular Hbond substituents is 1. The second-order valence-corrected chi connectivity index (χ2v) is 3.81. The maximum Gasteiger partial charge on any atom is 0.255 e. The molecule has 1 aromatic carbocycles. The summed E-state index contributed by atoms with van der Waals surface area (Å²) in [4.78, 5) is 11.6. The molecular weight excluding hydrogens is 228 g/mol. The van der Waals surface area contributed by atoms with Crippen LogP contribution in [0.3, 0.4) is 0 Å². The van der Waals surface area contributed by atoms with E-state index in [0.29, 0.717) is 11.6 Å². The molecule has 0 radical (unpaired) electrons. The molecule has 0 aromatic heterocycles. The Morgan fingerprint density at radius 2 is 2.19 bits per heavy atom. The summed E-state index contributed by atoms with van der Waals surface area (Å²) in [5.74, 6) is -0.369. The van der Waals surface area contributed by atoms with Crippen molar-refractivity contribution in [2.45, 2.75) is 6.42 Å². The molecule has 1 rings (SSSR count). The van der Waals surface area contributed by atoms with Crippen LogP contribution in [0.1, 0.15) is 16.8 Å². The molecule has 0 aliphatic carbocycles. The van der Waals surface area contributed by atoms with Gasteiger partial charge in [-0.05, 0) is 38.2 Å². The fraction of sp³-hybridized carbons (Fsp3) is 0.364. The van der Waals surface area contributed by atoms with Crippen LogP contribution in [-0.4, -0.2) is 31.2 Å². The predicted octanol–water partition coefficient (Wildman–Crippen LogP) is 1.38. The van der Waals surface area contributed by atoms with E-state index in [-0.39, 0.29) is 17.2 Å². The van der Waals surface area contributed by atoms with Crippen molar-refractivity contribution < 1.29 is 9.90 Å². The lowest BCUT2D eigenvalue weighted by atomic mass is 10.2. The van der Waals surface area contributed by atoms with E-state index in [1.807, 2.05) is 7.05 Å². The minimum absolute atomic E-state index is 0.0597. The standard InChI is InChI=1S/C11H15ClN2O2/c1-13-5-2-6-14-11(16)9-7-8(12)3-4-10(9)15/h3-4,7,13,15H,2,5-6H2,1H3,(H,14,16). The van der Waals surface area contributed by atoms with E-state index in [9.17, 15) is 9.90 Å². The average Bonchev–Trinajstić information content (AvgIpc) is 2.27. The average molecular weight is 243 g/mol. The van der Waals surface area contributed by atoms with Gasteiger partial charge in [0.05, 0.1) is 5.56 Å². The molecule has 0 saturated carbocycles. The van der Waals surface area contributed by atoms with Gasteiger partial charge in [0.1, 0.15) is 5.75 Å². The quantitative estimate of drug-likeness (QED) is 0.684. The van der Waals surface area contributed by atoms with Gasteiger partial charge >= 0.3 is 0 Å². The number of carbonyl (C=O) groups is 1. The number of hydrogen-bond donors (Lipinski definition) is 3. The first-order chi connectivity index (χ1) is 7.65. The molecule has 5 heteroatoms. The van der Waals surface area contributed by atoms with Gasteiger partial charge in [-0.2, -0.15) is 0 Å². The molecule has 0 fully saturated rings. The minimum Gasteiger partial charge on any atom is -0.507 e. The van der Waals surface area contributed by atoms with Gasteiger partial charge in [0.15, 0.2) is 0 Å². The number of hydrogen-bond acceptors (Lipinski definition) is 3. The van der Waals surface area contributed by atoms with Crippen molar-refractivity contribution in [2.24, 2.45) is 0 Å². The van der Waals surface area contributed by atoms with Crippen LogP contribution >= 0.6 is 11.6 Å². The number of rotatable bonds is 5. The molecule has 88 valence electrons. The maximum absolute atomic E-state index is 11.6. The third kappa shape index (κ3) is 3.72. The molecule has 0 aliphatic heterocycles. The molecular formula is C11H15ClN2O2. The van der Waals surface area contributed by atoms with E-state index >= 15 is 0 Å². The second kappa shape index (κ2) is 6.35. The Morgan fingerprint density at radius 1 is 1.44 bits per heavy atom. The fourth-order valence-electron chi connectivity index (χ4n) is 1.25. The summed E-state index contributed by atoms with van der Waals surface area (Å²) in [6.07, 6.45) is 0.837. The summed E-state index contributed by atoms with van der Waals surface area (Å²) >= 11 is 5.74. The summed E-state index contributed by atoms with van der Waals surface area (Å²) in [5.41, 5.74) is 0.206. The Balaban J connectivity index is 2.55. The Bertz CT molecular complexity index is 369. The van der Waals surface area contributed by atoms with E-state index in [1.165, 1.54) is 18.2 Å². The molecule has 1 aromatic rings. The van der Waals surface area contributed by atoms with Gasteiger partial charge in [-0.15, -0.1) is 0 Å². The Kier molecular flexibility index (Phi) is 5.08. The van der Waals surface area contributed by atoms with Crippen LogP contribution in [0.5, 0.6) is 5.75 Å². The number of nitrogens with one attached hydrogen (secondary N) is 2. The third-order valence-electron chi connectivity index (χ3n) is 2.09. The highest BCUT2D eigenvalue weighted by Crippen LogP contribution is 2.21. The van der Waals surface area contributed by atoms with Gasteiger partial charge < -0.3 is 15.7 Å². The lowest BCUT2D eigenvalue weighted by Gasteiger charge is -2.06. The van der Waals surface area contributed by atoms with Crippen molar-refractivity contribution >= 4 is 17.5 Å². The van der Waals surface area contributed by atoms with Gasteiger partial charge in [-0.1, -0.05) is 11.6 Å². The highest BCUT2D eigenvalue weighted by Gasteiger charge is 2.10. The van der Waals surface area contributed by atoms with Crippen molar-refractivity contribution in [3.05, 3.63) is 28.8 Å². The van der Waals surface area contributed by atoms with Crippen molar-refractivity contribution in [3.63, 3.8) is 0 Å². The minimum atomic E-state index is -0.309. The van der Waals surface area contributed by atoms with Crippen LogP contribution < -0.4 is 10.6 Å². The number of benzene rings is 1. The van der Waals surface area contributed by atoms with Crippen molar-refractivity contribution in [1.82, 2.24) is 10.6 Å². The lowest BCUT2D eigenvalue weighted by Crippen LogP contribution is -2.26. The number of phenols is 1. The van der Waals surface area contributed by atoms with E-state index < -0.39 is 0 Å². The third-order valence-corrected chi connectivity index (χ3v) is 2.33. The molecule has 1 amide bonds. The Labute approximate surface area is 99.6 Å². The largest absolute Gasteiger partial charge is 0.507 e. The molecule has 4 nitrogen and oxygen atoms in total. The van der Waals surface area contributed by atoms with Crippen LogP contribution in [0.2, 0.25) is 5.02 Å². The van der Waals surface area contributed by atoms with Gasteiger partial charge in [0.2, 0.25) is 0 Å². The fourth-order valence-corrected chi connectivity index (χ4v) is 1.42. The van der Waals surface area contributed by atoms with Crippen LogP contribution in [0, 0.1) is 0 Å². The molecule has 0 heterocycles. The van der Waals surface area contributed by atoms with Gasteiger partial charge in [0, 0.05) is 11.6 Å². The van der Waals surface area contributed by atoms with E-state index in [1.54, 1.807) is 0 Å². The Morgan fingerprint density at radius 3 is 2.88 bits per heavy atom. The number of amides is 1. The summed E-state index contributed by atoms with van der Waals surface area (Å²) in [7, 11) is 1.85. The first-order valence-corrected chi connectivity index (χ1v) is 5.44. The molecule has 0 atom stereocenters. The normalized spacial score (nSPS) is 10.1. The van der Waals surface area contributed by atoms with Crippen LogP contribution in [0.15, 0.2) is 18.2 Å². The highest BCUT2D eigenvalue weighted by atomic mass is 35.5. The maximum atomic E-state index is 11.6. The molecule has 0 bridgehead atoms. The highest BCUT2D eigenvalue weighted by molar-refractivity contribution is 6.31. The van der Waals surface area contributed by atoms with E-state index in [2.05, 4.69) is 10.6 Å². The zero-order chi connectivity index (χ0) is 12.0. The first-order valence-electron chi connectivity index (χ1n) is 5.06. The zero-order valence-electron chi connectivity index (χ0n) is 9.09. The topological polar surface area (TPSA) is 61.4 Å². The number of aromatic hydroxyl groups is 1. The van der Waals surface area contributed by atoms with Gasteiger partial charge in [0.25, 0.3) is 5.91 Å². The lowest BCUT2D eigenvalue weighted by molar-refractivity contribution is 0.0950. The zero-order valence-corrected chi connectivity index (χ0v) is 9.84. The van der Waals surface area contributed by atoms with Crippen LogP contribution in [0.25, 0.3) is 0 Å². The SMILES string of the molecule is CNCCCNC(=O)c1cc(Cl)ccc1O. The second-order valence-electron chi connectivity index (χ2n) is 3.37. The van der Waals surface area contributed by atoms with Crippen molar-refractivity contribution in [3.8, 4) is 5.75 Å². The van der Waals surface area contributed by atoms with Crippen LogP contribution in [0.4, 0.5) is 0 Å². The molecule has 0 aliphatic rings. The van der Waals surface area contributed by atoms with Crippen molar-refractivity contribution in [2.75, 3.05) is 20.1 Å². The molecule has 0 spiro atoms. The summed E-state index contributed by atoms with van der Waals surface area (Å²) in [6.45, 7) is 1.40. The summed E-state index contributed by atoms with van der Waals surface area (Å²) in [5, 5.41) is 15.6. The molecule has 16 heavy (non-hydrogen) atoms. The predicted molar refractivity (Wildman–Crippen MR) is 64.0 cm³/mol. The number of halogens is 1.